The van der Waals surface area contributed by atoms with Gasteiger partial charge >= 0.3 is 5.97 Å². The molecule has 0 radical (unpaired) electrons. The summed E-state index contributed by atoms with van der Waals surface area (Å²) in [4.78, 5) is 25.4. The van der Waals surface area contributed by atoms with Gasteiger partial charge < -0.3 is 14.1 Å². The Hall–Kier alpha value is -3.75. The average molecular weight is 408 g/mol. The minimum Gasteiger partial charge on any atom is -0.452 e. The molecule has 1 aliphatic heterocycles. The third kappa shape index (κ3) is 4.14. The first kappa shape index (κ1) is 19.6. The largest absolute Gasteiger partial charge is 0.452 e. The van der Waals surface area contributed by atoms with E-state index in [1.807, 2.05) is 36.1 Å². The summed E-state index contributed by atoms with van der Waals surface area (Å²) in [7, 11) is 0. The maximum Gasteiger partial charge on any atom is 0.338 e. The Bertz CT molecular complexity index is 1090. The van der Waals surface area contributed by atoms with E-state index in [0.29, 0.717) is 11.6 Å². The first-order valence-electron chi connectivity index (χ1n) is 9.61. The molecule has 1 aliphatic rings. The third-order valence-electron chi connectivity index (χ3n) is 4.91. The van der Waals surface area contributed by atoms with Crippen molar-refractivity contribution in [2.45, 2.75) is 26.4 Å². The van der Waals surface area contributed by atoms with Crippen LogP contribution in [0.2, 0.25) is 0 Å². The van der Waals surface area contributed by atoms with Crippen LogP contribution in [0.15, 0.2) is 46.9 Å². The SMILES string of the molecule is Cc1cccc(-c2nnc(COC(=O)c3ccc(N4CCCC4)c([N+](=O)[O-])c3)o2)c1. The maximum atomic E-state index is 12.4. The molecule has 0 spiro atoms. The second kappa shape index (κ2) is 8.32. The van der Waals surface area contributed by atoms with E-state index in [1.54, 1.807) is 6.07 Å². The summed E-state index contributed by atoms with van der Waals surface area (Å²) in [6.07, 6.45) is 1.99. The van der Waals surface area contributed by atoms with Crippen molar-refractivity contribution in [3.63, 3.8) is 0 Å². The van der Waals surface area contributed by atoms with Crippen molar-refractivity contribution < 1.29 is 18.9 Å². The molecule has 0 N–H and O–H groups in total. The number of esters is 1. The third-order valence-corrected chi connectivity index (χ3v) is 4.91. The first-order valence-corrected chi connectivity index (χ1v) is 9.61. The summed E-state index contributed by atoms with van der Waals surface area (Å²) >= 11 is 0. The van der Waals surface area contributed by atoms with E-state index in [-0.39, 0.29) is 23.7 Å². The number of aryl methyl sites for hydroxylation is 1. The number of hydrogen-bond acceptors (Lipinski definition) is 8. The molecule has 0 unspecified atom stereocenters. The highest BCUT2D eigenvalue weighted by molar-refractivity contribution is 5.91. The van der Waals surface area contributed by atoms with Gasteiger partial charge in [0.1, 0.15) is 5.69 Å². The molecule has 0 bridgehead atoms. The lowest BCUT2D eigenvalue weighted by atomic mass is 10.1. The normalized spacial score (nSPS) is 13.4. The number of nitro benzene ring substituents is 1. The molecule has 1 aromatic heterocycles. The smallest absolute Gasteiger partial charge is 0.338 e. The van der Waals surface area contributed by atoms with Crippen LogP contribution < -0.4 is 4.90 Å². The fraction of sp³-hybridized carbons (Fsp3) is 0.286. The molecular weight excluding hydrogens is 388 g/mol. The molecule has 0 atom stereocenters. The fourth-order valence-corrected chi connectivity index (χ4v) is 3.44. The molecule has 9 heteroatoms. The fourth-order valence-electron chi connectivity index (χ4n) is 3.44. The van der Waals surface area contributed by atoms with E-state index >= 15 is 0 Å². The lowest BCUT2D eigenvalue weighted by Crippen LogP contribution is -2.19. The molecule has 9 nitrogen and oxygen atoms in total. The zero-order chi connectivity index (χ0) is 21.1. The van der Waals surface area contributed by atoms with Crippen LogP contribution in [0, 0.1) is 17.0 Å². The quantitative estimate of drug-likeness (QED) is 0.343. The monoisotopic (exact) mass is 408 g/mol. The topological polar surface area (TPSA) is 112 Å². The number of ether oxygens (including phenoxy) is 1. The van der Waals surface area contributed by atoms with Gasteiger partial charge in [-0.3, -0.25) is 10.1 Å². The van der Waals surface area contributed by atoms with Crippen molar-refractivity contribution in [1.82, 2.24) is 10.2 Å². The van der Waals surface area contributed by atoms with Crippen LogP contribution >= 0.6 is 0 Å². The summed E-state index contributed by atoms with van der Waals surface area (Å²) in [5.41, 5.74) is 2.34. The van der Waals surface area contributed by atoms with Gasteiger partial charge in [-0.2, -0.15) is 0 Å². The molecule has 2 heterocycles. The summed E-state index contributed by atoms with van der Waals surface area (Å²) in [6, 6.07) is 12.0. The van der Waals surface area contributed by atoms with Gasteiger partial charge in [0.2, 0.25) is 5.89 Å². The Morgan fingerprint density at radius 1 is 1.20 bits per heavy atom. The number of nitrogens with zero attached hydrogens (tertiary/aromatic N) is 4. The van der Waals surface area contributed by atoms with Crippen LogP contribution in [0.3, 0.4) is 0 Å². The van der Waals surface area contributed by atoms with Crippen LogP contribution in [0.4, 0.5) is 11.4 Å². The van der Waals surface area contributed by atoms with Gasteiger partial charge in [-0.05, 0) is 44.0 Å². The van der Waals surface area contributed by atoms with Crippen molar-refractivity contribution in [1.29, 1.82) is 0 Å². The van der Waals surface area contributed by atoms with E-state index in [9.17, 15) is 14.9 Å². The van der Waals surface area contributed by atoms with Crippen LogP contribution in [0.1, 0.15) is 34.7 Å². The van der Waals surface area contributed by atoms with Gasteiger partial charge in [0.15, 0.2) is 6.61 Å². The summed E-state index contributed by atoms with van der Waals surface area (Å²) < 4.78 is 10.8. The van der Waals surface area contributed by atoms with Crippen LogP contribution in [0.5, 0.6) is 0 Å². The molecule has 0 aliphatic carbocycles. The van der Waals surface area contributed by atoms with Crippen LogP contribution in [-0.4, -0.2) is 34.2 Å². The second-order valence-electron chi connectivity index (χ2n) is 7.10. The van der Waals surface area contributed by atoms with Gasteiger partial charge in [0.25, 0.3) is 11.6 Å². The zero-order valence-corrected chi connectivity index (χ0v) is 16.4. The van der Waals surface area contributed by atoms with E-state index in [4.69, 9.17) is 9.15 Å². The molecule has 1 fully saturated rings. The second-order valence-corrected chi connectivity index (χ2v) is 7.10. The van der Waals surface area contributed by atoms with Crippen molar-refractivity contribution in [3.05, 3.63) is 69.6 Å². The standard InChI is InChI=1S/C21H20N4O5/c1-14-5-4-6-15(11-14)20-23-22-19(30-20)13-29-21(26)16-7-8-17(18(12-16)25(27)28)24-9-2-3-10-24/h4-8,11-12H,2-3,9-10,13H2,1H3. The van der Waals surface area contributed by atoms with Gasteiger partial charge in [0.05, 0.1) is 10.5 Å². The molecule has 0 amide bonds. The predicted molar refractivity (Wildman–Crippen MR) is 108 cm³/mol. The Morgan fingerprint density at radius 2 is 2.00 bits per heavy atom. The Kier molecular flexibility index (Phi) is 5.42. The lowest BCUT2D eigenvalue weighted by Gasteiger charge is -2.17. The Labute approximate surface area is 172 Å². The summed E-state index contributed by atoms with van der Waals surface area (Å²) in [5, 5.41) is 19.3. The minimum absolute atomic E-state index is 0.100. The Balaban J connectivity index is 1.45. The number of aromatic nitrogens is 2. The number of carbonyl (C=O) groups is 1. The van der Waals surface area contributed by atoms with Gasteiger partial charge in [-0.15, -0.1) is 10.2 Å². The highest BCUT2D eigenvalue weighted by atomic mass is 16.6. The van der Waals surface area contributed by atoms with Crippen molar-refractivity contribution >= 4 is 17.3 Å². The molecule has 3 aromatic rings. The van der Waals surface area contributed by atoms with Gasteiger partial charge in [-0.1, -0.05) is 17.7 Å². The first-order chi connectivity index (χ1) is 14.5. The van der Waals surface area contributed by atoms with Gasteiger partial charge in [0, 0.05) is 24.7 Å². The predicted octanol–water partition coefficient (Wildman–Crippen LogP) is 3.91. The number of hydrogen-bond donors (Lipinski definition) is 0. The van der Waals surface area contributed by atoms with E-state index in [1.165, 1.54) is 12.1 Å². The molecule has 154 valence electrons. The molecule has 30 heavy (non-hydrogen) atoms. The van der Waals surface area contributed by atoms with Gasteiger partial charge in [-0.25, -0.2) is 4.79 Å². The number of nitro groups is 1. The molecule has 2 aromatic carbocycles. The number of anilines is 1. The zero-order valence-electron chi connectivity index (χ0n) is 16.4. The van der Waals surface area contributed by atoms with E-state index in [2.05, 4.69) is 10.2 Å². The van der Waals surface area contributed by atoms with Crippen LogP contribution in [0.25, 0.3) is 11.5 Å². The minimum atomic E-state index is -0.693. The number of rotatable bonds is 6. The highest BCUT2D eigenvalue weighted by Crippen LogP contribution is 2.32. The highest BCUT2D eigenvalue weighted by Gasteiger charge is 2.24. The number of benzene rings is 2. The van der Waals surface area contributed by atoms with E-state index < -0.39 is 10.9 Å². The summed E-state index contributed by atoms with van der Waals surface area (Å²) in [6.45, 7) is 3.27. The molecular formula is C21H20N4O5. The lowest BCUT2D eigenvalue weighted by molar-refractivity contribution is -0.384. The van der Waals surface area contributed by atoms with Crippen LogP contribution in [-0.2, 0) is 11.3 Å². The molecule has 4 rings (SSSR count). The van der Waals surface area contributed by atoms with Crippen molar-refractivity contribution in [2.75, 3.05) is 18.0 Å². The number of carbonyl (C=O) groups excluding carboxylic acids is 1. The maximum absolute atomic E-state index is 12.4. The van der Waals surface area contributed by atoms with Crippen molar-refractivity contribution in [2.24, 2.45) is 0 Å². The van der Waals surface area contributed by atoms with Crippen molar-refractivity contribution in [3.8, 4) is 11.5 Å². The Morgan fingerprint density at radius 3 is 2.73 bits per heavy atom. The average Bonchev–Trinajstić information content (AvgIpc) is 3.44. The molecule has 1 saturated heterocycles. The summed E-state index contributed by atoms with van der Waals surface area (Å²) in [5.74, 6) is -0.222. The molecule has 0 saturated carbocycles. The van der Waals surface area contributed by atoms with E-state index in [0.717, 1.165) is 37.1 Å².